The van der Waals surface area contributed by atoms with Crippen LogP contribution >= 0.6 is 15.9 Å². The first kappa shape index (κ1) is 14.7. The minimum Gasteiger partial charge on any atom is -0.293 e. The molecular weight excluding hydrogens is 302 g/mol. The van der Waals surface area contributed by atoms with Crippen molar-refractivity contribution in [3.05, 3.63) is 34.3 Å². The summed E-state index contributed by atoms with van der Waals surface area (Å²) in [4.78, 5) is 14.8. The third-order valence-electron chi connectivity index (χ3n) is 4.21. The number of hydrogen-bond acceptors (Lipinski definition) is 2. The van der Waals surface area contributed by atoms with Crippen molar-refractivity contribution in [3.8, 4) is 0 Å². The minimum atomic E-state index is -0.0164. The number of piperidine rings is 1. The fourth-order valence-corrected chi connectivity index (χ4v) is 2.80. The fraction of sp³-hybridized carbons (Fsp3) is 0.562. The molecule has 1 aromatic carbocycles. The van der Waals surface area contributed by atoms with Crippen LogP contribution in [-0.4, -0.2) is 29.8 Å². The Bertz CT molecular complexity index is 442. The Kier molecular flexibility index (Phi) is 4.46. The molecule has 2 rings (SSSR count). The Morgan fingerprint density at radius 1 is 1.21 bits per heavy atom. The number of likely N-dealkylation sites (tertiary alicyclic amines) is 1. The van der Waals surface area contributed by atoms with E-state index in [1.165, 1.54) is 12.8 Å². The van der Waals surface area contributed by atoms with Crippen LogP contribution in [0.25, 0.3) is 0 Å². The Hall–Kier alpha value is -0.670. The Morgan fingerprint density at radius 2 is 1.74 bits per heavy atom. The van der Waals surface area contributed by atoms with Crippen molar-refractivity contribution in [3.63, 3.8) is 0 Å². The van der Waals surface area contributed by atoms with Crippen LogP contribution in [0, 0.1) is 5.41 Å². The molecule has 1 heterocycles. The molecule has 0 radical (unpaired) electrons. The number of rotatable bonds is 3. The van der Waals surface area contributed by atoms with Gasteiger partial charge in [0.05, 0.1) is 6.04 Å². The number of carbonyl (C=O) groups is 1. The quantitative estimate of drug-likeness (QED) is 0.779. The molecule has 1 aromatic rings. The lowest BCUT2D eigenvalue weighted by molar-refractivity contribution is 0.0687. The van der Waals surface area contributed by atoms with Gasteiger partial charge in [0.15, 0.2) is 5.78 Å². The first-order valence-electron chi connectivity index (χ1n) is 6.93. The van der Waals surface area contributed by atoms with Crippen molar-refractivity contribution in [1.82, 2.24) is 4.90 Å². The normalized spacial score (nSPS) is 21.1. The average molecular weight is 324 g/mol. The van der Waals surface area contributed by atoms with Crippen molar-refractivity contribution < 1.29 is 4.79 Å². The van der Waals surface area contributed by atoms with E-state index in [1.54, 1.807) is 0 Å². The van der Waals surface area contributed by atoms with Gasteiger partial charge in [-0.3, -0.25) is 9.69 Å². The molecule has 3 heteroatoms. The summed E-state index contributed by atoms with van der Waals surface area (Å²) < 4.78 is 1.01. The van der Waals surface area contributed by atoms with Crippen molar-refractivity contribution in [2.45, 2.75) is 39.7 Å². The highest BCUT2D eigenvalue weighted by Gasteiger charge is 2.30. The first-order chi connectivity index (χ1) is 8.89. The van der Waals surface area contributed by atoms with Gasteiger partial charge in [-0.15, -0.1) is 0 Å². The van der Waals surface area contributed by atoms with Gasteiger partial charge in [-0.25, -0.2) is 0 Å². The van der Waals surface area contributed by atoms with Crippen LogP contribution in [0.15, 0.2) is 28.7 Å². The molecule has 1 atom stereocenters. The van der Waals surface area contributed by atoms with Crippen LogP contribution in [0.3, 0.4) is 0 Å². The molecule has 0 spiro atoms. The molecule has 1 fully saturated rings. The van der Waals surface area contributed by atoms with Gasteiger partial charge in [0, 0.05) is 10.0 Å². The van der Waals surface area contributed by atoms with Crippen LogP contribution in [-0.2, 0) is 0 Å². The number of Topliss-reactive ketones (excluding diaryl/α,β-unsaturated/α-hetero) is 1. The van der Waals surface area contributed by atoms with Crippen LogP contribution in [0.5, 0.6) is 0 Å². The number of hydrogen-bond donors (Lipinski definition) is 0. The Labute approximate surface area is 124 Å². The van der Waals surface area contributed by atoms with Crippen LogP contribution < -0.4 is 0 Å². The summed E-state index contributed by atoms with van der Waals surface area (Å²) in [6, 6.07) is 7.64. The molecule has 0 N–H and O–H groups in total. The second kappa shape index (κ2) is 5.76. The van der Waals surface area contributed by atoms with Gasteiger partial charge in [0.1, 0.15) is 0 Å². The van der Waals surface area contributed by atoms with Crippen LogP contribution in [0.1, 0.15) is 44.0 Å². The molecule has 104 valence electrons. The molecular formula is C16H22BrNO. The maximum atomic E-state index is 12.5. The number of carbonyl (C=O) groups excluding carboxylic acids is 1. The van der Waals surface area contributed by atoms with E-state index < -0.39 is 0 Å². The summed E-state index contributed by atoms with van der Waals surface area (Å²) in [6.45, 7) is 8.70. The number of halogens is 1. The summed E-state index contributed by atoms with van der Waals surface area (Å²) in [6.07, 6.45) is 2.34. The second-order valence-corrected chi connectivity index (χ2v) is 7.16. The lowest BCUT2D eigenvalue weighted by Gasteiger charge is -2.39. The molecule has 2 nitrogen and oxygen atoms in total. The monoisotopic (exact) mass is 323 g/mol. The van der Waals surface area contributed by atoms with Gasteiger partial charge in [-0.05, 0) is 50.4 Å². The molecule has 19 heavy (non-hydrogen) atoms. The van der Waals surface area contributed by atoms with Gasteiger partial charge < -0.3 is 0 Å². The summed E-state index contributed by atoms with van der Waals surface area (Å²) >= 11 is 3.40. The predicted molar refractivity (Wildman–Crippen MR) is 82.5 cm³/mol. The smallest absolute Gasteiger partial charge is 0.179 e. The molecule has 1 unspecified atom stereocenters. The number of nitrogens with zero attached hydrogens (tertiary/aromatic N) is 1. The van der Waals surface area contributed by atoms with E-state index in [0.717, 1.165) is 23.1 Å². The minimum absolute atomic E-state index is 0.0164. The highest BCUT2D eigenvalue weighted by molar-refractivity contribution is 9.10. The SMILES string of the molecule is CC(C(=O)c1ccc(Br)cc1)N1CCC(C)(C)CC1. The summed E-state index contributed by atoms with van der Waals surface area (Å²) in [5, 5.41) is 0. The van der Waals surface area contributed by atoms with Gasteiger partial charge in [0.2, 0.25) is 0 Å². The topological polar surface area (TPSA) is 20.3 Å². The molecule has 0 bridgehead atoms. The zero-order valence-electron chi connectivity index (χ0n) is 11.9. The highest BCUT2D eigenvalue weighted by atomic mass is 79.9. The van der Waals surface area contributed by atoms with Crippen molar-refractivity contribution in [2.24, 2.45) is 5.41 Å². The molecule has 0 aromatic heterocycles. The highest BCUT2D eigenvalue weighted by Crippen LogP contribution is 2.30. The third kappa shape index (κ3) is 3.67. The molecule has 1 saturated heterocycles. The van der Waals surface area contributed by atoms with Crippen molar-refractivity contribution >= 4 is 21.7 Å². The molecule has 0 amide bonds. The van der Waals surface area contributed by atoms with E-state index in [4.69, 9.17) is 0 Å². The van der Waals surface area contributed by atoms with E-state index in [0.29, 0.717) is 5.41 Å². The molecule has 1 aliphatic heterocycles. The fourth-order valence-electron chi connectivity index (χ4n) is 2.54. The van der Waals surface area contributed by atoms with Crippen LogP contribution in [0.4, 0.5) is 0 Å². The maximum Gasteiger partial charge on any atom is 0.179 e. The van der Waals surface area contributed by atoms with Gasteiger partial charge in [0.25, 0.3) is 0 Å². The van der Waals surface area contributed by atoms with Gasteiger partial charge >= 0.3 is 0 Å². The van der Waals surface area contributed by atoms with E-state index in [-0.39, 0.29) is 11.8 Å². The van der Waals surface area contributed by atoms with E-state index in [9.17, 15) is 4.79 Å². The predicted octanol–water partition coefficient (Wildman–Crippen LogP) is 4.14. The molecule has 1 aliphatic rings. The van der Waals surface area contributed by atoms with Crippen molar-refractivity contribution in [1.29, 1.82) is 0 Å². The molecule has 0 aliphatic carbocycles. The van der Waals surface area contributed by atoms with Crippen LogP contribution in [0.2, 0.25) is 0 Å². The zero-order chi connectivity index (χ0) is 14.0. The number of benzene rings is 1. The lowest BCUT2D eigenvalue weighted by Crippen LogP contribution is -2.45. The summed E-state index contributed by atoms with van der Waals surface area (Å²) in [7, 11) is 0. The number of ketones is 1. The Balaban J connectivity index is 2.02. The largest absolute Gasteiger partial charge is 0.293 e. The first-order valence-corrected chi connectivity index (χ1v) is 7.72. The third-order valence-corrected chi connectivity index (χ3v) is 4.74. The van der Waals surface area contributed by atoms with Gasteiger partial charge in [-0.2, -0.15) is 0 Å². The summed E-state index contributed by atoms with van der Waals surface area (Å²) in [5.74, 6) is 0.229. The van der Waals surface area contributed by atoms with E-state index >= 15 is 0 Å². The van der Waals surface area contributed by atoms with E-state index in [2.05, 4.69) is 34.7 Å². The Morgan fingerprint density at radius 3 is 2.26 bits per heavy atom. The van der Waals surface area contributed by atoms with Crippen molar-refractivity contribution in [2.75, 3.05) is 13.1 Å². The zero-order valence-corrected chi connectivity index (χ0v) is 13.5. The maximum absolute atomic E-state index is 12.5. The summed E-state index contributed by atoms with van der Waals surface area (Å²) in [5.41, 5.74) is 1.23. The molecule has 0 saturated carbocycles. The van der Waals surface area contributed by atoms with Gasteiger partial charge in [-0.1, -0.05) is 41.9 Å². The average Bonchev–Trinajstić information content (AvgIpc) is 2.38. The second-order valence-electron chi connectivity index (χ2n) is 6.25. The van der Waals surface area contributed by atoms with E-state index in [1.807, 2.05) is 31.2 Å². The standard InChI is InChI=1S/C16H22BrNO/c1-12(18-10-8-16(2,3)9-11-18)15(19)13-4-6-14(17)7-5-13/h4-7,12H,8-11H2,1-3H3. The lowest BCUT2D eigenvalue weighted by atomic mass is 9.82.